The minimum Gasteiger partial charge on any atom is -0.374 e. The maximum Gasteiger partial charge on any atom is 0.164 e. The Hall–Kier alpha value is -2.42. The monoisotopic (exact) mass is 281 g/mol. The van der Waals surface area contributed by atoms with Crippen LogP contribution in [-0.4, -0.2) is 25.2 Å². The number of ketones is 2. The summed E-state index contributed by atoms with van der Waals surface area (Å²) in [5, 5.41) is 0. The van der Waals surface area contributed by atoms with Crippen LogP contribution in [0.1, 0.15) is 34.1 Å². The lowest BCUT2D eigenvalue weighted by atomic mass is 10.1. The Morgan fingerprint density at radius 2 is 1.52 bits per heavy atom. The molecule has 0 fully saturated rings. The van der Waals surface area contributed by atoms with Crippen LogP contribution in [0.5, 0.6) is 0 Å². The van der Waals surface area contributed by atoms with Gasteiger partial charge < -0.3 is 4.90 Å². The highest BCUT2D eigenvalue weighted by atomic mass is 16.1. The quantitative estimate of drug-likeness (QED) is 0.759. The lowest BCUT2D eigenvalue weighted by molar-refractivity contribution is 0.0983. The largest absolute Gasteiger partial charge is 0.374 e. The van der Waals surface area contributed by atoms with E-state index < -0.39 is 0 Å². The summed E-state index contributed by atoms with van der Waals surface area (Å²) in [7, 11) is 1.95. The molecular formula is C18H19NO2. The summed E-state index contributed by atoms with van der Waals surface area (Å²) in [6.07, 6.45) is 0.467. The van der Waals surface area contributed by atoms with E-state index in [2.05, 4.69) is 0 Å². The van der Waals surface area contributed by atoms with E-state index in [1.165, 1.54) is 0 Å². The molecule has 0 spiro atoms. The van der Waals surface area contributed by atoms with Gasteiger partial charge in [-0.05, 0) is 31.2 Å². The van der Waals surface area contributed by atoms with Crippen molar-refractivity contribution in [3.05, 3.63) is 65.7 Å². The highest BCUT2D eigenvalue weighted by molar-refractivity contribution is 5.96. The first-order valence-electron chi connectivity index (χ1n) is 6.98. The van der Waals surface area contributed by atoms with Crippen molar-refractivity contribution in [3.8, 4) is 0 Å². The van der Waals surface area contributed by atoms with Crippen molar-refractivity contribution in [2.75, 3.05) is 18.5 Å². The number of Topliss-reactive ketones (excluding diaryl/α,β-unsaturated/α-hetero) is 2. The molecule has 0 aliphatic heterocycles. The minimum absolute atomic E-state index is 0.0588. The van der Waals surface area contributed by atoms with Crippen LogP contribution < -0.4 is 4.90 Å². The normalized spacial score (nSPS) is 10.2. The molecule has 2 aromatic carbocycles. The average molecular weight is 281 g/mol. The molecule has 0 aromatic heterocycles. The molecule has 0 N–H and O–H groups in total. The molecule has 108 valence electrons. The van der Waals surface area contributed by atoms with E-state index in [4.69, 9.17) is 0 Å². The van der Waals surface area contributed by atoms with Gasteiger partial charge in [0.25, 0.3) is 0 Å². The first kappa shape index (κ1) is 15.0. The van der Waals surface area contributed by atoms with Crippen molar-refractivity contribution in [1.82, 2.24) is 0 Å². The Balaban J connectivity index is 1.94. The molecule has 3 heteroatoms. The first-order chi connectivity index (χ1) is 10.1. The van der Waals surface area contributed by atoms with Crippen LogP contribution in [0.15, 0.2) is 54.6 Å². The van der Waals surface area contributed by atoms with Crippen LogP contribution in [0.2, 0.25) is 0 Å². The predicted molar refractivity (Wildman–Crippen MR) is 85.1 cm³/mol. The van der Waals surface area contributed by atoms with E-state index in [1.807, 2.05) is 66.5 Å². The van der Waals surface area contributed by atoms with E-state index >= 15 is 0 Å². The van der Waals surface area contributed by atoms with Crippen molar-refractivity contribution < 1.29 is 9.59 Å². The Morgan fingerprint density at radius 3 is 2.10 bits per heavy atom. The van der Waals surface area contributed by atoms with Gasteiger partial charge in [-0.25, -0.2) is 0 Å². The molecule has 2 rings (SSSR count). The number of carbonyl (C=O) groups is 2. The van der Waals surface area contributed by atoms with E-state index in [9.17, 15) is 9.59 Å². The third-order valence-electron chi connectivity index (χ3n) is 3.48. The Labute approximate surface area is 125 Å². The van der Waals surface area contributed by atoms with Gasteiger partial charge in [0, 0.05) is 36.8 Å². The molecule has 0 aliphatic rings. The molecule has 0 saturated heterocycles. The second-order valence-electron chi connectivity index (χ2n) is 5.06. The zero-order chi connectivity index (χ0) is 15.2. The van der Waals surface area contributed by atoms with E-state index in [0.717, 1.165) is 11.3 Å². The molecule has 0 aliphatic carbocycles. The van der Waals surface area contributed by atoms with Gasteiger partial charge in [0.1, 0.15) is 0 Å². The van der Waals surface area contributed by atoms with Crippen LogP contribution in [0.3, 0.4) is 0 Å². The third-order valence-corrected chi connectivity index (χ3v) is 3.48. The molecule has 0 unspecified atom stereocenters. The third kappa shape index (κ3) is 4.02. The highest BCUT2D eigenvalue weighted by Crippen LogP contribution is 2.15. The molecule has 0 atom stereocenters. The van der Waals surface area contributed by atoms with Gasteiger partial charge in [-0.2, -0.15) is 0 Å². The molecular weight excluding hydrogens is 262 g/mol. The van der Waals surface area contributed by atoms with Crippen molar-refractivity contribution in [1.29, 1.82) is 0 Å². The second kappa shape index (κ2) is 6.84. The maximum atomic E-state index is 12.1. The molecule has 0 heterocycles. The molecule has 0 saturated carbocycles. The van der Waals surface area contributed by atoms with E-state index in [1.54, 1.807) is 6.92 Å². The fraction of sp³-hybridized carbons (Fsp3) is 0.222. The Kier molecular flexibility index (Phi) is 4.88. The van der Waals surface area contributed by atoms with Gasteiger partial charge in [-0.1, -0.05) is 30.3 Å². The molecule has 0 bridgehead atoms. The van der Waals surface area contributed by atoms with Crippen LogP contribution in [0.4, 0.5) is 5.69 Å². The topological polar surface area (TPSA) is 37.4 Å². The minimum atomic E-state index is 0.0588. The first-order valence-corrected chi connectivity index (χ1v) is 6.98. The zero-order valence-corrected chi connectivity index (χ0v) is 12.4. The standard InChI is InChI=1S/C18H19NO2/c1-14(20)15-8-10-17(11-9-15)19(2)13-12-18(21)16-6-4-3-5-7-16/h3-11H,12-13H2,1-2H3. The van der Waals surface area contributed by atoms with Gasteiger partial charge >= 0.3 is 0 Å². The molecule has 21 heavy (non-hydrogen) atoms. The maximum absolute atomic E-state index is 12.1. The van der Waals surface area contributed by atoms with Gasteiger partial charge in [0.2, 0.25) is 0 Å². The lowest BCUT2D eigenvalue weighted by Gasteiger charge is -2.19. The fourth-order valence-corrected chi connectivity index (χ4v) is 2.12. The van der Waals surface area contributed by atoms with Crippen molar-refractivity contribution in [3.63, 3.8) is 0 Å². The zero-order valence-electron chi connectivity index (χ0n) is 12.4. The van der Waals surface area contributed by atoms with E-state index in [0.29, 0.717) is 18.5 Å². The predicted octanol–water partition coefficient (Wildman–Crippen LogP) is 3.60. The second-order valence-corrected chi connectivity index (χ2v) is 5.06. The molecule has 0 amide bonds. The summed E-state index contributed by atoms with van der Waals surface area (Å²) >= 11 is 0. The summed E-state index contributed by atoms with van der Waals surface area (Å²) in [5.41, 5.74) is 2.45. The van der Waals surface area contributed by atoms with Gasteiger partial charge in [0.05, 0.1) is 0 Å². The van der Waals surface area contributed by atoms with Crippen LogP contribution in [0, 0.1) is 0 Å². The number of hydrogen-bond acceptors (Lipinski definition) is 3. The van der Waals surface area contributed by atoms with Gasteiger partial charge in [-0.3, -0.25) is 9.59 Å². The average Bonchev–Trinajstić information content (AvgIpc) is 2.53. The Bertz CT molecular complexity index is 617. The number of carbonyl (C=O) groups excluding carboxylic acids is 2. The number of rotatable bonds is 6. The number of benzene rings is 2. The number of hydrogen-bond donors (Lipinski definition) is 0. The number of anilines is 1. The number of nitrogens with zero attached hydrogens (tertiary/aromatic N) is 1. The highest BCUT2D eigenvalue weighted by Gasteiger charge is 2.08. The van der Waals surface area contributed by atoms with Crippen molar-refractivity contribution >= 4 is 17.3 Å². The van der Waals surface area contributed by atoms with Gasteiger partial charge in [0.15, 0.2) is 11.6 Å². The van der Waals surface area contributed by atoms with E-state index in [-0.39, 0.29) is 11.6 Å². The summed E-state index contributed by atoms with van der Waals surface area (Å²) in [6.45, 7) is 2.20. The van der Waals surface area contributed by atoms with Crippen LogP contribution >= 0.6 is 0 Å². The smallest absolute Gasteiger partial charge is 0.164 e. The Morgan fingerprint density at radius 1 is 0.905 bits per heavy atom. The van der Waals surface area contributed by atoms with Crippen LogP contribution in [-0.2, 0) is 0 Å². The molecule has 0 radical (unpaired) electrons. The van der Waals surface area contributed by atoms with Crippen molar-refractivity contribution in [2.24, 2.45) is 0 Å². The summed E-state index contributed by atoms with van der Waals surface area (Å²) in [5.74, 6) is 0.200. The fourth-order valence-electron chi connectivity index (χ4n) is 2.12. The van der Waals surface area contributed by atoms with Crippen LogP contribution in [0.25, 0.3) is 0 Å². The molecule has 2 aromatic rings. The SMILES string of the molecule is CC(=O)c1ccc(N(C)CCC(=O)c2ccccc2)cc1. The molecule has 3 nitrogen and oxygen atoms in total. The summed E-state index contributed by atoms with van der Waals surface area (Å²) in [4.78, 5) is 25.3. The summed E-state index contributed by atoms with van der Waals surface area (Å²) in [6, 6.07) is 16.8. The van der Waals surface area contributed by atoms with Crippen molar-refractivity contribution in [2.45, 2.75) is 13.3 Å². The summed E-state index contributed by atoms with van der Waals surface area (Å²) < 4.78 is 0. The lowest BCUT2D eigenvalue weighted by Crippen LogP contribution is -2.21. The van der Waals surface area contributed by atoms with Gasteiger partial charge in [-0.15, -0.1) is 0 Å².